The first-order chi connectivity index (χ1) is 4.29. The van der Waals surface area contributed by atoms with E-state index in [4.69, 9.17) is 0 Å². The highest BCUT2D eigenvalue weighted by molar-refractivity contribution is 5.68. The molecule has 0 spiro atoms. The van der Waals surface area contributed by atoms with E-state index in [2.05, 4.69) is 14.1 Å². The summed E-state index contributed by atoms with van der Waals surface area (Å²) in [5, 5.41) is 0. The summed E-state index contributed by atoms with van der Waals surface area (Å²) in [4.78, 5) is 13.7. The van der Waals surface area contributed by atoms with Gasteiger partial charge in [-0.2, -0.15) is 0 Å². The number of aromatic nitrogens is 1. The maximum atomic E-state index is 10.2. The Morgan fingerprint density at radius 3 is 3.11 bits per heavy atom. The van der Waals surface area contributed by atoms with E-state index in [9.17, 15) is 4.79 Å². The Kier molecular flexibility index (Phi) is 1.48. The molecule has 1 rings (SSSR count). The molecular formula is C5H5NO3. The molecule has 0 radical (unpaired) electrons. The molecule has 0 aliphatic rings. The average Bonchev–Trinajstić information content (AvgIpc) is 2.15. The lowest BCUT2D eigenvalue weighted by atomic mass is 10.8. The van der Waals surface area contributed by atoms with Crippen LogP contribution in [0.5, 0.6) is 5.95 Å². The summed E-state index contributed by atoms with van der Waals surface area (Å²) in [6.45, 7) is 1.29. The first-order valence-corrected chi connectivity index (χ1v) is 2.36. The minimum atomic E-state index is -0.410. The number of hydrogen-bond acceptors (Lipinski definition) is 4. The molecule has 0 saturated heterocycles. The standard InChI is InChI=1S/C5H5NO3/c1-4(7)9-5-2-6-3-8-5/h2-3H,1H3. The van der Waals surface area contributed by atoms with Crippen LogP contribution in [0.15, 0.2) is 17.0 Å². The predicted octanol–water partition coefficient (Wildman–Crippen LogP) is 0.600. The minimum Gasteiger partial charge on any atom is -0.413 e. The maximum absolute atomic E-state index is 10.2. The van der Waals surface area contributed by atoms with Crippen LogP contribution in [0.25, 0.3) is 0 Å². The molecule has 0 bridgehead atoms. The van der Waals surface area contributed by atoms with Gasteiger partial charge >= 0.3 is 11.9 Å². The van der Waals surface area contributed by atoms with Gasteiger partial charge in [0.05, 0.1) is 0 Å². The zero-order valence-electron chi connectivity index (χ0n) is 4.83. The Hall–Kier alpha value is -1.32. The highest BCUT2D eigenvalue weighted by Gasteiger charge is 1.98. The summed E-state index contributed by atoms with van der Waals surface area (Å²) >= 11 is 0. The van der Waals surface area contributed by atoms with Crippen molar-refractivity contribution in [2.45, 2.75) is 6.92 Å². The fourth-order valence-corrected chi connectivity index (χ4v) is 0.396. The summed E-state index contributed by atoms with van der Waals surface area (Å²) < 4.78 is 9.08. The first-order valence-electron chi connectivity index (χ1n) is 2.36. The molecule has 1 heterocycles. The molecular weight excluding hydrogens is 122 g/mol. The van der Waals surface area contributed by atoms with Gasteiger partial charge in [-0.1, -0.05) is 0 Å². The Morgan fingerprint density at radius 1 is 1.89 bits per heavy atom. The first kappa shape index (κ1) is 5.81. The van der Waals surface area contributed by atoms with Crippen LogP contribution in [-0.4, -0.2) is 11.0 Å². The lowest BCUT2D eigenvalue weighted by molar-refractivity contribution is -0.133. The Labute approximate surface area is 51.5 Å². The van der Waals surface area contributed by atoms with E-state index in [1.165, 1.54) is 19.5 Å². The van der Waals surface area contributed by atoms with Gasteiger partial charge in [0.15, 0.2) is 6.39 Å². The van der Waals surface area contributed by atoms with E-state index >= 15 is 0 Å². The molecule has 4 heteroatoms. The molecule has 0 fully saturated rings. The number of ether oxygens (including phenoxy) is 1. The molecule has 0 aliphatic carbocycles. The number of carbonyl (C=O) groups excluding carboxylic acids is 1. The predicted molar refractivity (Wildman–Crippen MR) is 27.8 cm³/mol. The molecule has 0 amide bonds. The van der Waals surface area contributed by atoms with Gasteiger partial charge in [-0.3, -0.25) is 4.79 Å². The van der Waals surface area contributed by atoms with E-state index < -0.39 is 5.97 Å². The number of nitrogens with zero attached hydrogens (tertiary/aromatic N) is 1. The monoisotopic (exact) mass is 127 g/mol. The Balaban J connectivity index is 2.58. The zero-order valence-corrected chi connectivity index (χ0v) is 4.83. The lowest BCUT2D eigenvalue weighted by Gasteiger charge is -1.89. The van der Waals surface area contributed by atoms with Crippen LogP contribution in [0.2, 0.25) is 0 Å². The van der Waals surface area contributed by atoms with Crippen molar-refractivity contribution in [2.24, 2.45) is 0 Å². The average molecular weight is 127 g/mol. The van der Waals surface area contributed by atoms with Crippen molar-refractivity contribution < 1.29 is 13.9 Å². The number of carbonyl (C=O) groups is 1. The van der Waals surface area contributed by atoms with Crippen LogP contribution >= 0.6 is 0 Å². The van der Waals surface area contributed by atoms with Crippen molar-refractivity contribution in [3.05, 3.63) is 12.6 Å². The van der Waals surface area contributed by atoms with Crippen LogP contribution in [0, 0.1) is 0 Å². The van der Waals surface area contributed by atoms with E-state index in [0.717, 1.165) is 0 Å². The number of oxazole rings is 1. The van der Waals surface area contributed by atoms with Crippen LogP contribution in [-0.2, 0) is 4.79 Å². The van der Waals surface area contributed by atoms with Crippen molar-refractivity contribution >= 4 is 5.97 Å². The smallest absolute Gasteiger partial charge is 0.312 e. The summed E-state index contributed by atoms with van der Waals surface area (Å²) in [7, 11) is 0. The molecule has 9 heavy (non-hydrogen) atoms. The molecule has 0 unspecified atom stereocenters. The molecule has 1 aromatic heterocycles. The van der Waals surface area contributed by atoms with Gasteiger partial charge in [0.1, 0.15) is 6.20 Å². The maximum Gasteiger partial charge on any atom is 0.312 e. The third kappa shape index (κ3) is 1.56. The largest absolute Gasteiger partial charge is 0.413 e. The quantitative estimate of drug-likeness (QED) is 0.518. The van der Waals surface area contributed by atoms with Gasteiger partial charge in [-0.25, -0.2) is 4.98 Å². The van der Waals surface area contributed by atoms with E-state index in [1.54, 1.807) is 0 Å². The van der Waals surface area contributed by atoms with Gasteiger partial charge in [0.25, 0.3) is 0 Å². The van der Waals surface area contributed by atoms with Gasteiger partial charge in [0, 0.05) is 6.92 Å². The topological polar surface area (TPSA) is 52.3 Å². The highest BCUT2D eigenvalue weighted by Crippen LogP contribution is 2.06. The van der Waals surface area contributed by atoms with Crippen LogP contribution in [0.4, 0.5) is 0 Å². The molecule has 0 saturated carbocycles. The van der Waals surface area contributed by atoms with Crippen molar-refractivity contribution in [2.75, 3.05) is 0 Å². The van der Waals surface area contributed by atoms with Crippen molar-refractivity contribution in [3.8, 4) is 5.95 Å². The van der Waals surface area contributed by atoms with E-state index in [0.29, 0.717) is 0 Å². The summed E-state index contributed by atoms with van der Waals surface area (Å²) in [6.07, 6.45) is 2.51. The molecule has 0 aliphatic heterocycles. The Bertz CT molecular complexity index is 192. The highest BCUT2D eigenvalue weighted by atomic mass is 16.6. The van der Waals surface area contributed by atoms with Gasteiger partial charge in [0.2, 0.25) is 0 Å². The summed E-state index contributed by atoms with van der Waals surface area (Å²) in [5.41, 5.74) is 0. The van der Waals surface area contributed by atoms with Gasteiger partial charge in [-0.15, -0.1) is 0 Å². The minimum absolute atomic E-state index is 0.127. The summed E-state index contributed by atoms with van der Waals surface area (Å²) in [5.74, 6) is -0.283. The van der Waals surface area contributed by atoms with Gasteiger partial charge in [-0.05, 0) is 0 Å². The second-order valence-corrected chi connectivity index (χ2v) is 1.41. The van der Waals surface area contributed by atoms with Crippen molar-refractivity contribution in [1.29, 1.82) is 0 Å². The van der Waals surface area contributed by atoms with Crippen LogP contribution in [0.3, 0.4) is 0 Å². The summed E-state index contributed by atoms with van der Waals surface area (Å²) in [6, 6.07) is 0. The second kappa shape index (κ2) is 2.30. The lowest BCUT2D eigenvalue weighted by Crippen LogP contribution is -1.99. The molecule has 0 aromatic carbocycles. The van der Waals surface area contributed by atoms with Crippen molar-refractivity contribution in [3.63, 3.8) is 0 Å². The number of hydrogen-bond donors (Lipinski definition) is 0. The van der Waals surface area contributed by atoms with E-state index in [-0.39, 0.29) is 5.95 Å². The van der Waals surface area contributed by atoms with Crippen molar-refractivity contribution in [1.82, 2.24) is 4.98 Å². The zero-order chi connectivity index (χ0) is 6.69. The van der Waals surface area contributed by atoms with E-state index in [1.807, 2.05) is 0 Å². The third-order valence-corrected chi connectivity index (χ3v) is 0.654. The Morgan fingerprint density at radius 2 is 2.67 bits per heavy atom. The molecule has 0 atom stereocenters. The van der Waals surface area contributed by atoms with Crippen LogP contribution in [0.1, 0.15) is 6.92 Å². The molecule has 4 nitrogen and oxygen atoms in total. The number of esters is 1. The number of rotatable bonds is 1. The molecule has 48 valence electrons. The SMILES string of the molecule is CC(=O)Oc1cnco1. The fraction of sp³-hybridized carbons (Fsp3) is 0.200. The second-order valence-electron chi connectivity index (χ2n) is 1.41. The van der Waals surface area contributed by atoms with Gasteiger partial charge < -0.3 is 9.15 Å². The normalized spacial score (nSPS) is 9.00. The molecule has 0 N–H and O–H groups in total. The molecule has 1 aromatic rings. The fourth-order valence-electron chi connectivity index (χ4n) is 0.396. The third-order valence-electron chi connectivity index (χ3n) is 0.654. The van der Waals surface area contributed by atoms with Crippen LogP contribution < -0.4 is 4.74 Å².